The van der Waals surface area contributed by atoms with Crippen molar-refractivity contribution < 1.29 is 14.3 Å². The summed E-state index contributed by atoms with van der Waals surface area (Å²) in [5.41, 5.74) is 1.56. The topological polar surface area (TPSA) is 42.2 Å². The Morgan fingerprint density at radius 1 is 1.41 bits per heavy atom. The van der Waals surface area contributed by atoms with E-state index in [1.54, 1.807) is 37.5 Å². The van der Waals surface area contributed by atoms with Crippen molar-refractivity contribution in [2.45, 2.75) is 6.42 Å². The van der Waals surface area contributed by atoms with Crippen LogP contribution in [0.5, 0.6) is 0 Å². The quantitative estimate of drug-likeness (QED) is 0.884. The fraction of sp³-hybridized carbons (Fsp3) is 0.154. The lowest BCUT2D eigenvalue weighted by molar-refractivity contribution is 0.0686. The molecule has 0 fully saturated rings. The summed E-state index contributed by atoms with van der Waals surface area (Å²) in [7, 11) is 1.66. The Morgan fingerprint density at radius 2 is 2.12 bits per heavy atom. The van der Waals surface area contributed by atoms with Crippen molar-refractivity contribution in [1.82, 2.24) is 4.57 Å². The Hall–Kier alpha value is -2.10. The number of rotatable bonds is 3. The van der Waals surface area contributed by atoms with Crippen molar-refractivity contribution in [2.24, 2.45) is 7.05 Å². The first-order valence-corrected chi connectivity index (χ1v) is 5.20. The van der Waals surface area contributed by atoms with Crippen molar-refractivity contribution in [3.05, 3.63) is 59.2 Å². The molecule has 2 aromatic rings. The van der Waals surface area contributed by atoms with Crippen LogP contribution in [0.3, 0.4) is 0 Å². The number of aromatic nitrogens is 1. The number of carboxylic acid groups (broad SMARTS) is 1. The first-order chi connectivity index (χ1) is 8.08. The van der Waals surface area contributed by atoms with Crippen LogP contribution in [0.15, 0.2) is 36.5 Å². The van der Waals surface area contributed by atoms with E-state index in [0.29, 0.717) is 12.0 Å². The molecule has 3 nitrogen and oxygen atoms in total. The van der Waals surface area contributed by atoms with Crippen LogP contribution < -0.4 is 0 Å². The molecule has 0 amide bonds. The van der Waals surface area contributed by atoms with Crippen molar-refractivity contribution in [3.63, 3.8) is 0 Å². The van der Waals surface area contributed by atoms with Crippen molar-refractivity contribution >= 4 is 5.97 Å². The van der Waals surface area contributed by atoms with Gasteiger partial charge in [0.2, 0.25) is 0 Å². The third kappa shape index (κ3) is 2.36. The second-order valence-corrected chi connectivity index (χ2v) is 3.92. The minimum absolute atomic E-state index is 0.205. The molecule has 1 aromatic carbocycles. The first kappa shape index (κ1) is 11.4. The van der Waals surface area contributed by atoms with Gasteiger partial charge in [0.15, 0.2) is 0 Å². The number of hydrogen-bond donors (Lipinski definition) is 1. The zero-order valence-electron chi connectivity index (χ0n) is 9.35. The molecule has 88 valence electrons. The Bertz CT molecular complexity index is 560. The van der Waals surface area contributed by atoms with Gasteiger partial charge in [0.1, 0.15) is 11.5 Å². The highest BCUT2D eigenvalue weighted by Gasteiger charge is 2.11. The summed E-state index contributed by atoms with van der Waals surface area (Å²) in [5.74, 6) is -1.25. The van der Waals surface area contributed by atoms with Crippen LogP contribution >= 0.6 is 0 Å². The molecular weight excluding hydrogens is 221 g/mol. The van der Waals surface area contributed by atoms with E-state index in [4.69, 9.17) is 5.11 Å². The fourth-order valence-electron chi connectivity index (χ4n) is 1.80. The number of nitrogens with zero attached hydrogens (tertiary/aromatic N) is 1. The molecule has 0 aliphatic rings. The highest BCUT2D eigenvalue weighted by atomic mass is 19.1. The summed E-state index contributed by atoms with van der Waals surface area (Å²) in [6.45, 7) is 0. The van der Waals surface area contributed by atoms with E-state index in [2.05, 4.69) is 0 Å². The average molecular weight is 233 g/mol. The lowest BCUT2D eigenvalue weighted by Crippen LogP contribution is -2.02. The predicted molar refractivity (Wildman–Crippen MR) is 61.6 cm³/mol. The molecule has 0 saturated carbocycles. The first-order valence-electron chi connectivity index (χ1n) is 5.20. The third-order valence-corrected chi connectivity index (χ3v) is 2.63. The number of aromatic carboxylic acids is 1. The molecule has 2 rings (SSSR count). The summed E-state index contributed by atoms with van der Waals surface area (Å²) in [6, 6.07) is 8.06. The average Bonchev–Trinajstić information content (AvgIpc) is 2.63. The van der Waals surface area contributed by atoms with Crippen LogP contribution in [0, 0.1) is 5.82 Å². The number of benzene rings is 1. The molecule has 0 saturated heterocycles. The molecule has 0 aliphatic heterocycles. The third-order valence-electron chi connectivity index (χ3n) is 2.63. The van der Waals surface area contributed by atoms with Crippen LogP contribution in [0.4, 0.5) is 4.39 Å². The number of carboxylic acids is 1. The van der Waals surface area contributed by atoms with Gasteiger partial charge in [-0.2, -0.15) is 0 Å². The molecule has 0 spiro atoms. The van der Waals surface area contributed by atoms with Gasteiger partial charge in [-0.1, -0.05) is 18.2 Å². The van der Waals surface area contributed by atoms with E-state index < -0.39 is 5.97 Å². The van der Waals surface area contributed by atoms with Crippen LogP contribution in [-0.4, -0.2) is 15.6 Å². The van der Waals surface area contributed by atoms with Crippen LogP contribution in [0.2, 0.25) is 0 Å². The highest BCUT2D eigenvalue weighted by molar-refractivity contribution is 5.86. The summed E-state index contributed by atoms with van der Waals surface area (Å²) < 4.78 is 14.9. The van der Waals surface area contributed by atoms with Crippen molar-refractivity contribution in [3.8, 4) is 0 Å². The molecule has 1 N–H and O–H groups in total. The van der Waals surface area contributed by atoms with Gasteiger partial charge in [-0.25, -0.2) is 9.18 Å². The molecule has 1 heterocycles. The van der Waals surface area contributed by atoms with Crippen molar-refractivity contribution in [1.29, 1.82) is 0 Å². The van der Waals surface area contributed by atoms with E-state index in [-0.39, 0.29) is 11.5 Å². The lowest BCUT2D eigenvalue weighted by Gasteiger charge is -1.99. The van der Waals surface area contributed by atoms with Crippen LogP contribution in [-0.2, 0) is 13.5 Å². The number of aryl methyl sites for hydroxylation is 1. The van der Waals surface area contributed by atoms with Crippen molar-refractivity contribution in [2.75, 3.05) is 0 Å². The molecule has 0 bridgehead atoms. The SMILES string of the molecule is Cn1cc(Cc2ccccc2F)cc1C(=O)O. The minimum atomic E-state index is -0.979. The molecule has 0 aliphatic carbocycles. The molecule has 0 atom stereocenters. The summed E-state index contributed by atoms with van der Waals surface area (Å²) in [5, 5.41) is 8.90. The molecule has 17 heavy (non-hydrogen) atoms. The zero-order chi connectivity index (χ0) is 12.4. The molecular formula is C13H12FNO2. The maximum Gasteiger partial charge on any atom is 0.352 e. The molecule has 1 aromatic heterocycles. The van der Waals surface area contributed by atoms with Gasteiger partial charge < -0.3 is 9.67 Å². The Kier molecular flexibility index (Phi) is 2.95. The second-order valence-electron chi connectivity index (χ2n) is 3.92. The maximum atomic E-state index is 13.4. The standard InChI is InChI=1S/C13H12FNO2/c1-15-8-9(7-12(15)13(16)17)6-10-4-2-3-5-11(10)14/h2-5,7-8H,6H2,1H3,(H,16,17). The van der Waals surface area contributed by atoms with Gasteiger partial charge in [-0.3, -0.25) is 0 Å². The van der Waals surface area contributed by atoms with E-state index in [0.717, 1.165) is 5.56 Å². The van der Waals surface area contributed by atoms with Gasteiger partial charge in [0.25, 0.3) is 0 Å². The summed E-state index contributed by atoms with van der Waals surface area (Å²) in [6.07, 6.45) is 2.10. The summed E-state index contributed by atoms with van der Waals surface area (Å²) >= 11 is 0. The maximum absolute atomic E-state index is 13.4. The van der Waals surface area contributed by atoms with E-state index in [1.807, 2.05) is 0 Å². The molecule has 0 radical (unpaired) electrons. The van der Waals surface area contributed by atoms with Crippen LogP contribution in [0.25, 0.3) is 0 Å². The minimum Gasteiger partial charge on any atom is -0.477 e. The van der Waals surface area contributed by atoms with Gasteiger partial charge >= 0.3 is 5.97 Å². The van der Waals surface area contributed by atoms with Gasteiger partial charge in [-0.05, 0) is 23.3 Å². The number of carbonyl (C=O) groups is 1. The normalized spacial score (nSPS) is 10.5. The number of halogens is 1. The van der Waals surface area contributed by atoms with Gasteiger partial charge in [0.05, 0.1) is 0 Å². The van der Waals surface area contributed by atoms with E-state index in [9.17, 15) is 9.18 Å². The fourth-order valence-corrected chi connectivity index (χ4v) is 1.80. The monoisotopic (exact) mass is 233 g/mol. The van der Waals surface area contributed by atoms with Crippen LogP contribution in [0.1, 0.15) is 21.6 Å². The lowest BCUT2D eigenvalue weighted by atomic mass is 10.1. The number of hydrogen-bond acceptors (Lipinski definition) is 1. The Morgan fingerprint density at radius 3 is 2.71 bits per heavy atom. The van der Waals surface area contributed by atoms with Gasteiger partial charge in [0, 0.05) is 19.7 Å². The van der Waals surface area contributed by atoms with Gasteiger partial charge in [-0.15, -0.1) is 0 Å². The van der Waals surface area contributed by atoms with E-state index in [1.165, 1.54) is 10.6 Å². The highest BCUT2D eigenvalue weighted by Crippen LogP contribution is 2.15. The Labute approximate surface area is 98.1 Å². The smallest absolute Gasteiger partial charge is 0.352 e. The predicted octanol–water partition coefficient (Wildman–Crippen LogP) is 2.45. The zero-order valence-corrected chi connectivity index (χ0v) is 9.35. The molecule has 4 heteroatoms. The van der Waals surface area contributed by atoms with E-state index >= 15 is 0 Å². The largest absolute Gasteiger partial charge is 0.477 e. The molecule has 0 unspecified atom stereocenters. The Balaban J connectivity index is 2.28. The summed E-state index contributed by atoms with van der Waals surface area (Å²) in [4.78, 5) is 10.9. The second kappa shape index (κ2) is 4.41.